The number of halogens is 1. The lowest BCUT2D eigenvalue weighted by molar-refractivity contribution is 0.254. The molecule has 0 bridgehead atoms. The van der Waals surface area contributed by atoms with Crippen LogP contribution in [0.4, 0.5) is 0 Å². The van der Waals surface area contributed by atoms with E-state index < -0.39 is 11.2 Å². The maximum atomic E-state index is 11.9. The van der Waals surface area contributed by atoms with Crippen LogP contribution in [-0.2, 0) is 13.0 Å². The van der Waals surface area contributed by atoms with Crippen LogP contribution in [0.15, 0.2) is 27.9 Å². The number of hydrogen-bond acceptors (Lipinski definition) is 4. The lowest BCUT2D eigenvalue weighted by atomic mass is 10.1. The van der Waals surface area contributed by atoms with Crippen molar-refractivity contribution in [3.05, 3.63) is 55.3 Å². The lowest BCUT2D eigenvalue weighted by Gasteiger charge is -2.13. The molecule has 1 unspecified atom stereocenters. The van der Waals surface area contributed by atoms with Crippen molar-refractivity contribution in [2.24, 2.45) is 0 Å². The quantitative estimate of drug-likeness (QED) is 0.926. The topological polar surface area (TPSA) is 73.3 Å². The molecule has 122 valence electrons. The van der Waals surface area contributed by atoms with Gasteiger partial charge in [0.2, 0.25) is 0 Å². The lowest BCUT2D eigenvalue weighted by Crippen LogP contribution is -2.30. The monoisotopic (exact) mass is 336 g/mol. The molecule has 0 radical (unpaired) electrons. The van der Waals surface area contributed by atoms with Crippen molar-refractivity contribution in [2.75, 3.05) is 6.61 Å². The van der Waals surface area contributed by atoms with E-state index in [2.05, 4.69) is 4.98 Å². The smallest absolute Gasteiger partial charge is 0.328 e. The van der Waals surface area contributed by atoms with Crippen molar-refractivity contribution < 1.29 is 9.47 Å². The third kappa shape index (κ3) is 3.12. The number of rotatable bonds is 4. The summed E-state index contributed by atoms with van der Waals surface area (Å²) < 4.78 is 12.8. The minimum absolute atomic E-state index is 0.0337. The summed E-state index contributed by atoms with van der Waals surface area (Å²) in [6, 6.07) is 3.84. The highest BCUT2D eigenvalue weighted by atomic mass is 35.5. The Kier molecular flexibility index (Phi) is 4.17. The largest absolute Gasteiger partial charge is 0.494 e. The first-order valence-electron chi connectivity index (χ1n) is 7.42. The maximum Gasteiger partial charge on any atom is 0.328 e. The standard InChI is InChI=1S/C16H17ClN2O4/c1-3-22-13-5-10-4-9(2)23-14(10)6-11(13)7-19-8-12(17)15(20)18-16(19)21/h5-6,8-9H,3-4,7H2,1-2H3,(H,18,20,21). The Morgan fingerprint density at radius 3 is 2.96 bits per heavy atom. The molecular weight excluding hydrogens is 320 g/mol. The molecule has 0 amide bonds. The number of aromatic amines is 1. The molecule has 1 atom stereocenters. The van der Waals surface area contributed by atoms with Gasteiger partial charge in [-0.15, -0.1) is 0 Å². The molecule has 0 aliphatic carbocycles. The van der Waals surface area contributed by atoms with Crippen LogP contribution in [0.3, 0.4) is 0 Å². The Balaban J connectivity index is 2.02. The summed E-state index contributed by atoms with van der Waals surface area (Å²) in [6.07, 6.45) is 2.29. The van der Waals surface area contributed by atoms with E-state index in [0.29, 0.717) is 12.4 Å². The van der Waals surface area contributed by atoms with Gasteiger partial charge in [-0.2, -0.15) is 0 Å². The van der Waals surface area contributed by atoms with Gasteiger partial charge in [0.25, 0.3) is 5.56 Å². The Hall–Kier alpha value is -2.21. The van der Waals surface area contributed by atoms with Gasteiger partial charge in [-0.3, -0.25) is 14.3 Å². The predicted octanol–water partition coefficient (Wildman–Crippen LogP) is 1.96. The van der Waals surface area contributed by atoms with E-state index in [1.165, 1.54) is 10.8 Å². The van der Waals surface area contributed by atoms with E-state index in [4.69, 9.17) is 21.1 Å². The van der Waals surface area contributed by atoms with Crippen LogP contribution in [0.2, 0.25) is 5.02 Å². The third-order valence-corrected chi connectivity index (χ3v) is 3.96. The molecule has 0 fully saturated rings. The first-order chi connectivity index (χ1) is 11.0. The van der Waals surface area contributed by atoms with Crippen molar-refractivity contribution in [1.29, 1.82) is 0 Å². The summed E-state index contributed by atoms with van der Waals surface area (Å²) in [5.74, 6) is 1.51. The van der Waals surface area contributed by atoms with Crippen LogP contribution in [0.25, 0.3) is 0 Å². The molecule has 0 saturated heterocycles. The summed E-state index contributed by atoms with van der Waals surface area (Å²) in [5, 5.41) is -0.0337. The highest BCUT2D eigenvalue weighted by Gasteiger charge is 2.22. The highest BCUT2D eigenvalue weighted by Crippen LogP contribution is 2.35. The van der Waals surface area contributed by atoms with Crippen LogP contribution in [0.5, 0.6) is 11.5 Å². The molecular formula is C16H17ClN2O4. The zero-order chi connectivity index (χ0) is 16.6. The number of benzene rings is 1. The number of hydrogen-bond donors (Lipinski definition) is 1. The first-order valence-corrected chi connectivity index (χ1v) is 7.80. The molecule has 3 rings (SSSR count). The van der Waals surface area contributed by atoms with Crippen molar-refractivity contribution in [3.8, 4) is 11.5 Å². The second kappa shape index (κ2) is 6.12. The zero-order valence-corrected chi connectivity index (χ0v) is 13.6. The molecule has 6 nitrogen and oxygen atoms in total. The molecule has 7 heteroatoms. The Morgan fingerprint density at radius 1 is 1.43 bits per heavy atom. The minimum Gasteiger partial charge on any atom is -0.494 e. The molecule has 1 aliphatic heterocycles. The van der Waals surface area contributed by atoms with Crippen molar-refractivity contribution in [2.45, 2.75) is 32.9 Å². The molecule has 2 heterocycles. The van der Waals surface area contributed by atoms with E-state index in [1.807, 2.05) is 26.0 Å². The molecule has 1 aromatic heterocycles. The summed E-state index contributed by atoms with van der Waals surface area (Å²) in [7, 11) is 0. The Labute approximate surface area is 137 Å². The number of aromatic nitrogens is 2. The predicted molar refractivity (Wildman–Crippen MR) is 86.8 cm³/mol. The highest BCUT2D eigenvalue weighted by molar-refractivity contribution is 6.30. The van der Waals surface area contributed by atoms with E-state index in [9.17, 15) is 9.59 Å². The molecule has 2 aromatic rings. The zero-order valence-electron chi connectivity index (χ0n) is 12.9. The van der Waals surface area contributed by atoms with Crippen molar-refractivity contribution >= 4 is 11.6 Å². The normalized spacial score (nSPS) is 16.0. The molecule has 0 saturated carbocycles. The average molecular weight is 337 g/mol. The molecule has 1 aliphatic rings. The summed E-state index contributed by atoms with van der Waals surface area (Å²) in [5.41, 5.74) is 0.780. The third-order valence-electron chi connectivity index (χ3n) is 3.69. The second-order valence-electron chi connectivity index (χ2n) is 5.50. The number of nitrogens with zero attached hydrogens (tertiary/aromatic N) is 1. The Morgan fingerprint density at radius 2 is 2.22 bits per heavy atom. The van der Waals surface area contributed by atoms with Gasteiger partial charge in [0.1, 0.15) is 22.6 Å². The average Bonchev–Trinajstić information content (AvgIpc) is 2.84. The van der Waals surface area contributed by atoms with Crippen LogP contribution >= 0.6 is 11.6 Å². The van der Waals surface area contributed by atoms with E-state index in [0.717, 1.165) is 23.3 Å². The fourth-order valence-electron chi connectivity index (χ4n) is 2.68. The SMILES string of the molecule is CCOc1cc2c(cc1Cn1cc(Cl)c(=O)[nH]c1=O)OC(C)C2. The van der Waals surface area contributed by atoms with Gasteiger partial charge in [-0.25, -0.2) is 4.79 Å². The van der Waals surface area contributed by atoms with E-state index in [-0.39, 0.29) is 17.7 Å². The van der Waals surface area contributed by atoms with Gasteiger partial charge in [0, 0.05) is 23.7 Å². The van der Waals surface area contributed by atoms with E-state index in [1.54, 1.807) is 0 Å². The number of fused-ring (bicyclic) bond motifs is 1. The number of ether oxygens (including phenoxy) is 2. The van der Waals surface area contributed by atoms with Gasteiger partial charge in [-0.1, -0.05) is 11.6 Å². The maximum absolute atomic E-state index is 11.9. The summed E-state index contributed by atoms with van der Waals surface area (Å²) >= 11 is 5.81. The van der Waals surface area contributed by atoms with Crippen molar-refractivity contribution in [1.82, 2.24) is 9.55 Å². The van der Waals surface area contributed by atoms with Gasteiger partial charge in [-0.05, 0) is 26.0 Å². The fraction of sp³-hybridized carbons (Fsp3) is 0.375. The molecule has 23 heavy (non-hydrogen) atoms. The minimum atomic E-state index is -0.593. The first kappa shape index (κ1) is 15.7. The van der Waals surface area contributed by atoms with Crippen LogP contribution in [0, 0.1) is 0 Å². The number of H-pyrrole nitrogens is 1. The van der Waals surface area contributed by atoms with Gasteiger partial charge in [0.15, 0.2) is 0 Å². The van der Waals surface area contributed by atoms with Crippen molar-refractivity contribution in [3.63, 3.8) is 0 Å². The van der Waals surface area contributed by atoms with Gasteiger partial charge < -0.3 is 9.47 Å². The Bertz CT molecular complexity index is 856. The van der Waals surface area contributed by atoms with Crippen LogP contribution in [0.1, 0.15) is 25.0 Å². The second-order valence-corrected chi connectivity index (χ2v) is 5.90. The van der Waals surface area contributed by atoms with Crippen LogP contribution in [-0.4, -0.2) is 22.3 Å². The fourth-order valence-corrected chi connectivity index (χ4v) is 2.84. The molecule has 1 N–H and O–H groups in total. The van der Waals surface area contributed by atoms with Gasteiger partial charge >= 0.3 is 5.69 Å². The molecule has 1 aromatic carbocycles. The van der Waals surface area contributed by atoms with E-state index >= 15 is 0 Å². The van der Waals surface area contributed by atoms with Gasteiger partial charge in [0.05, 0.1) is 13.2 Å². The number of nitrogens with one attached hydrogen (secondary N) is 1. The molecule has 0 spiro atoms. The summed E-state index contributed by atoms with van der Waals surface area (Å²) in [6.45, 7) is 4.66. The summed E-state index contributed by atoms with van der Waals surface area (Å²) in [4.78, 5) is 25.5. The van der Waals surface area contributed by atoms with Crippen LogP contribution < -0.4 is 20.7 Å².